The van der Waals surface area contributed by atoms with E-state index in [0.29, 0.717) is 29.2 Å². The molecule has 4 aromatic rings. The van der Waals surface area contributed by atoms with Gasteiger partial charge in [0.05, 0.1) is 22.4 Å². The van der Waals surface area contributed by atoms with Crippen molar-refractivity contribution in [1.29, 1.82) is 0 Å². The molecule has 0 radical (unpaired) electrons. The largest absolute Gasteiger partial charge is 0.462 e. The Morgan fingerprint density at radius 2 is 1.65 bits per heavy atom. The minimum atomic E-state index is -0.379. The van der Waals surface area contributed by atoms with Gasteiger partial charge >= 0.3 is 5.97 Å². The van der Waals surface area contributed by atoms with Gasteiger partial charge in [0.15, 0.2) is 10.9 Å². The maximum atomic E-state index is 12.8. The van der Waals surface area contributed by atoms with Crippen LogP contribution in [0.3, 0.4) is 0 Å². The van der Waals surface area contributed by atoms with Gasteiger partial charge in [-0.15, -0.1) is 0 Å². The summed E-state index contributed by atoms with van der Waals surface area (Å²) in [6.07, 6.45) is 0.630. The van der Waals surface area contributed by atoms with Gasteiger partial charge in [0.1, 0.15) is 5.76 Å². The molecule has 2 heterocycles. The fourth-order valence-electron chi connectivity index (χ4n) is 4.09. The summed E-state index contributed by atoms with van der Waals surface area (Å²) in [5, 5.41) is 3.25. The minimum Gasteiger partial charge on any atom is -0.462 e. The van der Waals surface area contributed by atoms with Crippen LogP contribution in [0, 0.1) is 34.6 Å². The second-order valence-corrected chi connectivity index (χ2v) is 9.45. The number of ether oxygens (including phenoxy) is 1. The number of aromatic nitrogens is 1. The summed E-state index contributed by atoms with van der Waals surface area (Å²) in [6.45, 7) is 12.8. The van der Waals surface area contributed by atoms with Crippen LogP contribution in [-0.2, 0) is 11.2 Å². The molecule has 0 saturated heterocycles. The molecule has 176 valence electrons. The van der Waals surface area contributed by atoms with E-state index in [1.54, 1.807) is 31.2 Å². The quantitative estimate of drug-likeness (QED) is 0.323. The standard InChI is InChI=1S/C27H28N2O4S/c1-7-32-26(31)19-8-10-22-24(12-19)34-27(28-22)29-25(30)23-11-9-20(33-23)13-21-17(5)15(3)14(2)16(4)18(21)6/h8-12H,7,13H2,1-6H3,(H,28,29,30). The topological polar surface area (TPSA) is 81.4 Å². The molecular formula is C27H28N2O4S. The smallest absolute Gasteiger partial charge is 0.338 e. The lowest BCUT2D eigenvalue weighted by Crippen LogP contribution is -2.10. The van der Waals surface area contributed by atoms with Crippen molar-refractivity contribution in [2.75, 3.05) is 11.9 Å². The summed E-state index contributed by atoms with van der Waals surface area (Å²) >= 11 is 1.30. The number of thiazole rings is 1. The molecular weight excluding hydrogens is 448 g/mol. The average molecular weight is 477 g/mol. The van der Waals surface area contributed by atoms with E-state index >= 15 is 0 Å². The van der Waals surface area contributed by atoms with Crippen molar-refractivity contribution in [2.24, 2.45) is 0 Å². The molecule has 2 aromatic carbocycles. The molecule has 0 saturated carbocycles. The lowest BCUT2D eigenvalue weighted by atomic mass is 9.88. The highest BCUT2D eigenvalue weighted by Crippen LogP contribution is 2.30. The SMILES string of the molecule is CCOC(=O)c1ccc2nc(NC(=O)c3ccc(Cc4c(C)c(C)c(C)c(C)c4C)o3)sc2c1. The number of nitrogens with zero attached hydrogens (tertiary/aromatic N) is 1. The third-order valence-electron chi connectivity index (χ3n) is 6.51. The minimum absolute atomic E-state index is 0.234. The van der Waals surface area contributed by atoms with Crippen LogP contribution in [0.2, 0.25) is 0 Å². The molecule has 34 heavy (non-hydrogen) atoms. The fourth-order valence-corrected chi connectivity index (χ4v) is 4.99. The highest BCUT2D eigenvalue weighted by Gasteiger charge is 2.18. The monoisotopic (exact) mass is 476 g/mol. The summed E-state index contributed by atoms with van der Waals surface area (Å²) in [5.41, 5.74) is 8.84. The molecule has 0 unspecified atom stereocenters. The number of amides is 1. The van der Waals surface area contributed by atoms with Gasteiger partial charge in [0.25, 0.3) is 5.91 Å². The van der Waals surface area contributed by atoms with Gasteiger partial charge in [-0.3, -0.25) is 10.1 Å². The second kappa shape index (κ2) is 9.43. The molecule has 1 amide bonds. The Labute approximate surface area is 203 Å². The summed E-state index contributed by atoms with van der Waals surface area (Å²) in [5.74, 6) is 0.233. The molecule has 0 bridgehead atoms. The maximum absolute atomic E-state index is 12.8. The van der Waals surface area contributed by atoms with Crippen LogP contribution in [-0.4, -0.2) is 23.5 Å². The van der Waals surface area contributed by atoms with Crippen LogP contribution >= 0.6 is 11.3 Å². The number of nitrogens with one attached hydrogen (secondary N) is 1. The molecule has 0 spiro atoms. The van der Waals surface area contributed by atoms with Gasteiger partial charge in [-0.2, -0.15) is 0 Å². The van der Waals surface area contributed by atoms with Gasteiger partial charge < -0.3 is 9.15 Å². The van der Waals surface area contributed by atoms with E-state index in [1.165, 1.54) is 44.7 Å². The number of hydrogen-bond donors (Lipinski definition) is 1. The first-order valence-electron chi connectivity index (χ1n) is 11.2. The average Bonchev–Trinajstić information content (AvgIpc) is 3.45. The van der Waals surface area contributed by atoms with Crippen molar-refractivity contribution in [3.8, 4) is 0 Å². The molecule has 2 aromatic heterocycles. The summed E-state index contributed by atoms with van der Waals surface area (Å²) in [7, 11) is 0. The number of carbonyl (C=O) groups is 2. The highest BCUT2D eigenvalue weighted by molar-refractivity contribution is 7.22. The highest BCUT2D eigenvalue weighted by atomic mass is 32.1. The third-order valence-corrected chi connectivity index (χ3v) is 7.45. The first-order valence-corrected chi connectivity index (χ1v) is 12.0. The molecule has 0 aliphatic rings. The first kappa shape index (κ1) is 23.7. The number of esters is 1. The zero-order valence-corrected chi connectivity index (χ0v) is 21.1. The van der Waals surface area contributed by atoms with Crippen molar-refractivity contribution in [1.82, 2.24) is 4.98 Å². The summed E-state index contributed by atoms with van der Waals surface area (Å²) in [4.78, 5) is 29.2. The molecule has 0 aliphatic heterocycles. The van der Waals surface area contributed by atoms with Gasteiger partial charge in [-0.05, 0) is 105 Å². The number of furan rings is 1. The summed E-state index contributed by atoms with van der Waals surface area (Å²) < 4.78 is 11.7. The molecule has 0 fully saturated rings. The van der Waals surface area contributed by atoms with Crippen LogP contribution in [0.1, 0.15) is 67.0 Å². The zero-order chi connectivity index (χ0) is 24.6. The van der Waals surface area contributed by atoms with Gasteiger partial charge in [-0.1, -0.05) is 11.3 Å². The summed E-state index contributed by atoms with van der Waals surface area (Å²) in [6, 6.07) is 8.68. The van der Waals surface area contributed by atoms with Crippen LogP contribution in [0.4, 0.5) is 5.13 Å². The zero-order valence-electron chi connectivity index (χ0n) is 20.3. The Balaban J connectivity index is 1.51. The van der Waals surface area contributed by atoms with E-state index in [9.17, 15) is 9.59 Å². The third kappa shape index (κ3) is 4.48. The first-order chi connectivity index (χ1) is 16.2. The number of rotatable bonds is 6. The van der Waals surface area contributed by atoms with Crippen LogP contribution in [0.5, 0.6) is 0 Å². The Bertz CT molecular complexity index is 1380. The van der Waals surface area contributed by atoms with Crippen molar-refractivity contribution in [3.63, 3.8) is 0 Å². The van der Waals surface area contributed by atoms with Gasteiger partial charge in [0.2, 0.25) is 0 Å². The molecule has 0 aliphatic carbocycles. The van der Waals surface area contributed by atoms with Crippen LogP contribution in [0.25, 0.3) is 10.2 Å². The second-order valence-electron chi connectivity index (χ2n) is 8.42. The number of fused-ring (bicyclic) bond motifs is 1. The number of anilines is 1. The fraction of sp³-hybridized carbons (Fsp3) is 0.296. The van der Waals surface area contributed by atoms with Crippen molar-refractivity contribution >= 4 is 38.6 Å². The van der Waals surface area contributed by atoms with E-state index in [2.05, 4.69) is 44.9 Å². The van der Waals surface area contributed by atoms with E-state index in [1.807, 2.05) is 6.07 Å². The Kier molecular flexibility index (Phi) is 6.57. The van der Waals surface area contributed by atoms with Crippen LogP contribution in [0.15, 0.2) is 34.7 Å². The molecule has 1 N–H and O–H groups in total. The van der Waals surface area contributed by atoms with Crippen LogP contribution < -0.4 is 5.32 Å². The predicted molar refractivity (Wildman–Crippen MR) is 135 cm³/mol. The van der Waals surface area contributed by atoms with E-state index in [4.69, 9.17) is 9.15 Å². The lowest BCUT2D eigenvalue weighted by molar-refractivity contribution is 0.0526. The van der Waals surface area contributed by atoms with E-state index < -0.39 is 0 Å². The normalized spacial score (nSPS) is 11.1. The number of hydrogen-bond acceptors (Lipinski definition) is 6. The van der Waals surface area contributed by atoms with Gasteiger partial charge in [-0.25, -0.2) is 9.78 Å². The molecule has 0 atom stereocenters. The molecule has 7 heteroatoms. The Morgan fingerprint density at radius 3 is 2.32 bits per heavy atom. The molecule has 4 rings (SSSR count). The maximum Gasteiger partial charge on any atom is 0.338 e. The Hall–Kier alpha value is -3.45. The number of benzene rings is 2. The van der Waals surface area contributed by atoms with Crippen molar-refractivity contribution in [2.45, 2.75) is 48.0 Å². The van der Waals surface area contributed by atoms with Crippen molar-refractivity contribution < 1.29 is 18.7 Å². The lowest BCUT2D eigenvalue weighted by Gasteiger charge is -2.18. The Morgan fingerprint density at radius 1 is 0.971 bits per heavy atom. The van der Waals surface area contributed by atoms with Crippen molar-refractivity contribution in [3.05, 3.63) is 80.8 Å². The van der Waals surface area contributed by atoms with E-state index in [0.717, 1.165) is 10.5 Å². The van der Waals surface area contributed by atoms with E-state index in [-0.39, 0.29) is 17.6 Å². The molecule has 6 nitrogen and oxygen atoms in total. The number of carbonyl (C=O) groups excluding carboxylic acids is 2. The van der Waals surface area contributed by atoms with Gasteiger partial charge in [0, 0.05) is 6.42 Å². The predicted octanol–water partition coefficient (Wildman–Crippen LogP) is 6.45.